The number of carbonyl (C=O) groups is 1. The van der Waals surface area contributed by atoms with Gasteiger partial charge in [-0.1, -0.05) is 6.92 Å². The molecule has 1 amide bonds. The molecule has 0 radical (unpaired) electrons. The molecule has 0 saturated carbocycles. The van der Waals surface area contributed by atoms with Crippen molar-refractivity contribution in [2.45, 2.75) is 26.2 Å². The zero-order valence-corrected chi connectivity index (χ0v) is 7.69. The monoisotopic (exact) mass is 195 g/mol. The Balaban J connectivity index is 3.12. The summed E-state index contributed by atoms with van der Waals surface area (Å²) in [6, 6.07) is 0. The van der Waals surface area contributed by atoms with Crippen LogP contribution in [0.5, 0.6) is 0 Å². The van der Waals surface area contributed by atoms with Crippen LogP contribution in [-0.4, -0.2) is 32.1 Å². The topological polar surface area (TPSA) is 38.3 Å². The summed E-state index contributed by atoms with van der Waals surface area (Å²) in [5.41, 5.74) is 0. The van der Waals surface area contributed by atoms with E-state index in [-0.39, 0.29) is 6.54 Å². The first-order valence-corrected chi connectivity index (χ1v) is 4.32. The Morgan fingerprint density at radius 2 is 2.15 bits per heavy atom. The molecule has 78 valence electrons. The Morgan fingerprint density at radius 3 is 2.69 bits per heavy atom. The maximum atomic E-state index is 11.6. The van der Waals surface area contributed by atoms with Crippen molar-refractivity contribution in [2.75, 3.05) is 19.8 Å². The van der Waals surface area contributed by atoms with Crippen LogP contribution in [0.15, 0.2) is 0 Å². The Bertz CT molecular complexity index is 142. The smallest absolute Gasteiger partial charge is 0.315 e. The molecule has 0 aliphatic rings. The number of nitrogens with one attached hydrogen (secondary N) is 1. The maximum absolute atomic E-state index is 11.6. The molecule has 0 aromatic rings. The molecule has 0 aromatic heterocycles. The van der Waals surface area contributed by atoms with Gasteiger partial charge in [0, 0.05) is 19.8 Å². The summed E-state index contributed by atoms with van der Waals surface area (Å²) in [5, 5.41) is 2.09. The second kappa shape index (κ2) is 7.91. The van der Waals surface area contributed by atoms with Crippen molar-refractivity contribution in [3.05, 3.63) is 0 Å². The summed E-state index contributed by atoms with van der Waals surface area (Å²) >= 11 is 0. The minimum Gasteiger partial charge on any atom is -0.381 e. The van der Waals surface area contributed by atoms with Gasteiger partial charge in [0.1, 0.15) is 0 Å². The van der Waals surface area contributed by atoms with E-state index in [9.17, 15) is 13.6 Å². The number of alkyl halides is 2. The van der Waals surface area contributed by atoms with Gasteiger partial charge in [-0.25, -0.2) is 0 Å². The van der Waals surface area contributed by atoms with Gasteiger partial charge in [-0.2, -0.15) is 8.78 Å². The lowest BCUT2D eigenvalue weighted by Gasteiger charge is -2.04. The maximum Gasteiger partial charge on any atom is 0.315 e. The van der Waals surface area contributed by atoms with Gasteiger partial charge < -0.3 is 10.1 Å². The van der Waals surface area contributed by atoms with Crippen LogP contribution in [0.3, 0.4) is 0 Å². The van der Waals surface area contributed by atoms with Gasteiger partial charge in [-0.15, -0.1) is 0 Å². The fraction of sp³-hybridized carbons (Fsp3) is 0.875. The van der Waals surface area contributed by atoms with Crippen LogP contribution in [0.2, 0.25) is 0 Å². The average molecular weight is 195 g/mol. The summed E-state index contributed by atoms with van der Waals surface area (Å²) in [5.74, 6) is -1.21. The molecule has 0 fully saturated rings. The second-order valence-electron chi connectivity index (χ2n) is 2.56. The summed E-state index contributed by atoms with van der Waals surface area (Å²) < 4.78 is 28.3. The first-order chi connectivity index (χ1) is 6.18. The average Bonchev–Trinajstić information content (AvgIpc) is 2.10. The van der Waals surface area contributed by atoms with Gasteiger partial charge in [0.25, 0.3) is 5.91 Å². The van der Waals surface area contributed by atoms with E-state index in [1.165, 1.54) is 0 Å². The zero-order valence-electron chi connectivity index (χ0n) is 7.69. The molecule has 13 heavy (non-hydrogen) atoms. The predicted octanol–water partition coefficient (Wildman–Crippen LogP) is 1.18. The van der Waals surface area contributed by atoms with E-state index < -0.39 is 12.3 Å². The largest absolute Gasteiger partial charge is 0.381 e. The van der Waals surface area contributed by atoms with Crippen LogP contribution in [0.1, 0.15) is 19.8 Å². The van der Waals surface area contributed by atoms with Crippen molar-refractivity contribution in [3.8, 4) is 0 Å². The molecule has 1 N–H and O–H groups in total. The third-order valence-corrected chi connectivity index (χ3v) is 1.31. The number of ether oxygens (including phenoxy) is 1. The Hall–Kier alpha value is -0.710. The van der Waals surface area contributed by atoms with Crippen molar-refractivity contribution >= 4 is 5.91 Å². The van der Waals surface area contributed by atoms with E-state index in [0.717, 1.165) is 6.42 Å². The van der Waals surface area contributed by atoms with Gasteiger partial charge in [-0.05, 0) is 12.8 Å². The highest BCUT2D eigenvalue weighted by molar-refractivity contribution is 5.78. The molecular formula is C8H15F2NO2. The molecule has 0 rings (SSSR count). The molecule has 0 atom stereocenters. The fourth-order valence-corrected chi connectivity index (χ4v) is 0.709. The highest BCUT2D eigenvalue weighted by Gasteiger charge is 2.13. The normalized spacial score (nSPS) is 10.5. The zero-order chi connectivity index (χ0) is 10.1. The first kappa shape index (κ1) is 12.3. The summed E-state index contributed by atoms with van der Waals surface area (Å²) in [4.78, 5) is 10.3. The molecule has 0 aliphatic heterocycles. The minimum atomic E-state index is -2.92. The molecule has 5 heteroatoms. The lowest BCUT2D eigenvalue weighted by atomic mass is 10.4. The van der Waals surface area contributed by atoms with Gasteiger partial charge in [0.15, 0.2) is 0 Å². The quantitative estimate of drug-likeness (QED) is 0.619. The third-order valence-electron chi connectivity index (χ3n) is 1.31. The molecule has 0 saturated heterocycles. The van der Waals surface area contributed by atoms with Crippen molar-refractivity contribution in [2.24, 2.45) is 0 Å². The standard InChI is InChI=1S/C8H15F2NO2/c1-2-5-13-6-3-4-11-8(12)7(9)10/h7H,2-6H2,1H3,(H,11,12). The second-order valence-corrected chi connectivity index (χ2v) is 2.56. The van der Waals surface area contributed by atoms with E-state index in [1.54, 1.807) is 0 Å². The van der Waals surface area contributed by atoms with E-state index in [1.807, 2.05) is 6.92 Å². The molecule has 0 aromatic carbocycles. The number of amides is 1. The molecular weight excluding hydrogens is 180 g/mol. The molecule has 0 bridgehead atoms. The fourth-order valence-electron chi connectivity index (χ4n) is 0.709. The number of halogens is 2. The van der Waals surface area contributed by atoms with Crippen LogP contribution in [0, 0.1) is 0 Å². The molecule has 0 unspecified atom stereocenters. The third kappa shape index (κ3) is 7.64. The van der Waals surface area contributed by atoms with Crippen molar-refractivity contribution in [3.63, 3.8) is 0 Å². The Kier molecular flexibility index (Phi) is 7.48. The van der Waals surface area contributed by atoms with Crippen molar-refractivity contribution in [1.82, 2.24) is 5.32 Å². The van der Waals surface area contributed by atoms with E-state index in [0.29, 0.717) is 19.6 Å². The Morgan fingerprint density at radius 1 is 1.46 bits per heavy atom. The van der Waals surface area contributed by atoms with E-state index in [2.05, 4.69) is 5.32 Å². The van der Waals surface area contributed by atoms with Gasteiger partial charge >= 0.3 is 6.43 Å². The van der Waals surface area contributed by atoms with Gasteiger partial charge in [0.05, 0.1) is 0 Å². The number of hydrogen-bond acceptors (Lipinski definition) is 2. The van der Waals surface area contributed by atoms with E-state index >= 15 is 0 Å². The molecule has 3 nitrogen and oxygen atoms in total. The first-order valence-electron chi connectivity index (χ1n) is 4.32. The summed E-state index contributed by atoms with van der Waals surface area (Å²) in [6.07, 6.45) is -1.42. The lowest BCUT2D eigenvalue weighted by molar-refractivity contribution is -0.131. The number of rotatable bonds is 7. The number of hydrogen-bond donors (Lipinski definition) is 1. The van der Waals surface area contributed by atoms with E-state index in [4.69, 9.17) is 4.74 Å². The summed E-state index contributed by atoms with van der Waals surface area (Å²) in [6.45, 7) is 3.39. The van der Waals surface area contributed by atoms with Crippen LogP contribution in [-0.2, 0) is 9.53 Å². The number of carbonyl (C=O) groups excluding carboxylic acids is 1. The molecule has 0 heterocycles. The SMILES string of the molecule is CCCOCCCNC(=O)C(F)F. The van der Waals surface area contributed by atoms with Gasteiger partial charge in [0.2, 0.25) is 0 Å². The van der Waals surface area contributed by atoms with Crippen molar-refractivity contribution < 1.29 is 18.3 Å². The van der Waals surface area contributed by atoms with Crippen LogP contribution < -0.4 is 5.32 Å². The van der Waals surface area contributed by atoms with Crippen LogP contribution >= 0.6 is 0 Å². The van der Waals surface area contributed by atoms with Gasteiger partial charge in [-0.3, -0.25) is 4.79 Å². The molecule has 0 aliphatic carbocycles. The highest BCUT2D eigenvalue weighted by atomic mass is 19.3. The highest BCUT2D eigenvalue weighted by Crippen LogP contribution is 1.91. The minimum absolute atomic E-state index is 0.243. The van der Waals surface area contributed by atoms with Crippen LogP contribution in [0.4, 0.5) is 8.78 Å². The van der Waals surface area contributed by atoms with Crippen molar-refractivity contribution in [1.29, 1.82) is 0 Å². The Labute approximate surface area is 76.4 Å². The predicted molar refractivity (Wildman–Crippen MR) is 44.7 cm³/mol. The molecule has 0 spiro atoms. The lowest BCUT2D eigenvalue weighted by Crippen LogP contribution is -2.30. The van der Waals surface area contributed by atoms with Crippen LogP contribution in [0.25, 0.3) is 0 Å². The summed E-state index contributed by atoms with van der Waals surface area (Å²) in [7, 11) is 0.